The molecule has 0 fully saturated rings. The van der Waals surface area contributed by atoms with Crippen LogP contribution in [0, 0.1) is 0 Å². The topological polar surface area (TPSA) is 72.8 Å². The van der Waals surface area contributed by atoms with Crippen LogP contribution in [0.4, 0.5) is 0 Å². The minimum atomic E-state index is -0.794. The average molecular weight is 813 g/mol. The highest BCUT2D eigenvalue weighted by atomic mass is 16.6. The van der Waals surface area contributed by atoms with E-state index < -0.39 is 6.10 Å². The normalized spacial score (nSPS) is 13.5. The van der Waals surface area contributed by atoms with E-state index in [0.717, 1.165) is 116 Å². The summed E-state index contributed by atoms with van der Waals surface area (Å²) < 4.78 is 10.5. The summed E-state index contributed by atoms with van der Waals surface area (Å²) in [6.07, 6.45) is 72.6. The second-order valence-electron chi connectivity index (χ2n) is 14.8. The third-order valence-corrected chi connectivity index (χ3v) is 9.21. The van der Waals surface area contributed by atoms with Crippen LogP contribution >= 0.6 is 0 Å². The number of aliphatic hydroxyl groups is 1. The van der Waals surface area contributed by atoms with Gasteiger partial charge in [0.15, 0.2) is 6.10 Å². The van der Waals surface area contributed by atoms with E-state index in [1.807, 2.05) is 0 Å². The van der Waals surface area contributed by atoms with Gasteiger partial charge in [0.2, 0.25) is 0 Å². The Morgan fingerprint density at radius 1 is 0.407 bits per heavy atom. The highest BCUT2D eigenvalue weighted by molar-refractivity contribution is 5.70. The summed E-state index contributed by atoms with van der Waals surface area (Å²) in [5.41, 5.74) is 0. The molecule has 0 bridgehead atoms. The van der Waals surface area contributed by atoms with Crippen LogP contribution in [0.5, 0.6) is 0 Å². The van der Waals surface area contributed by atoms with E-state index in [2.05, 4.69) is 148 Å². The Morgan fingerprint density at radius 3 is 1.10 bits per heavy atom. The Morgan fingerprint density at radius 2 is 0.729 bits per heavy atom. The van der Waals surface area contributed by atoms with Gasteiger partial charge in [-0.1, -0.05) is 199 Å². The van der Waals surface area contributed by atoms with Gasteiger partial charge >= 0.3 is 11.9 Å². The van der Waals surface area contributed by atoms with Gasteiger partial charge in [-0.25, -0.2) is 0 Å². The van der Waals surface area contributed by atoms with Crippen molar-refractivity contribution in [3.05, 3.63) is 134 Å². The van der Waals surface area contributed by atoms with Crippen molar-refractivity contribution in [2.24, 2.45) is 0 Å². The Bertz CT molecular complexity index is 1290. The first kappa shape index (κ1) is 55.0. The van der Waals surface area contributed by atoms with E-state index in [-0.39, 0.29) is 25.2 Å². The van der Waals surface area contributed by atoms with E-state index in [0.29, 0.717) is 12.8 Å². The number of esters is 2. The van der Waals surface area contributed by atoms with Gasteiger partial charge in [0, 0.05) is 12.8 Å². The number of aliphatic hydroxyl groups excluding tert-OH is 1. The zero-order valence-electron chi connectivity index (χ0n) is 37.5. The van der Waals surface area contributed by atoms with Gasteiger partial charge in [-0.15, -0.1) is 0 Å². The van der Waals surface area contributed by atoms with Gasteiger partial charge in [-0.3, -0.25) is 9.59 Å². The molecule has 5 heteroatoms. The van der Waals surface area contributed by atoms with E-state index >= 15 is 0 Å². The van der Waals surface area contributed by atoms with Crippen LogP contribution in [0.25, 0.3) is 0 Å². The Balaban J connectivity index is 3.71. The van der Waals surface area contributed by atoms with Crippen LogP contribution < -0.4 is 0 Å². The minimum absolute atomic E-state index is 0.0866. The molecule has 0 aromatic carbocycles. The lowest BCUT2D eigenvalue weighted by molar-refractivity contribution is -0.161. The number of carbonyl (C=O) groups excluding carboxylic acids is 2. The molecule has 0 heterocycles. The van der Waals surface area contributed by atoms with Crippen LogP contribution in [0.3, 0.4) is 0 Å². The zero-order valence-corrected chi connectivity index (χ0v) is 37.5. The monoisotopic (exact) mass is 813 g/mol. The molecule has 59 heavy (non-hydrogen) atoms. The van der Waals surface area contributed by atoms with E-state index in [4.69, 9.17) is 9.47 Å². The third kappa shape index (κ3) is 46.6. The van der Waals surface area contributed by atoms with Crippen LogP contribution in [-0.4, -0.2) is 36.4 Å². The smallest absolute Gasteiger partial charge is 0.306 e. The first-order valence-corrected chi connectivity index (χ1v) is 23.2. The first-order valence-electron chi connectivity index (χ1n) is 23.2. The van der Waals surface area contributed by atoms with Crippen molar-refractivity contribution >= 4 is 11.9 Å². The molecule has 0 amide bonds. The minimum Gasteiger partial charge on any atom is -0.462 e. The molecule has 330 valence electrons. The van der Waals surface area contributed by atoms with Crippen molar-refractivity contribution in [1.82, 2.24) is 0 Å². The molecule has 1 unspecified atom stereocenters. The fourth-order valence-corrected chi connectivity index (χ4v) is 5.73. The first-order chi connectivity index (χ1) is 29.1. The predicted octanol–water partition coefficient (Wildman–Crippen LogP) is 15.3. The SMILES string of the molecule is CC/C=C\C/C=C\C/C=C\C/C=C\C/C=C\C/C=C\C/C=C\C/C=C\C/C=C\C/C=C\C/C=C\CCCCCC(=O)OC(CO)COC(=O)CCCCCCCCCC. The second-order valence-corrected chi connectivity index (χ2v) is 14.8. The molecule has 0 aromatic rings. The van der Waals surface area contributed by atoms with Gasteiger partial charge in [0.25, 0.3) is 0 Å². The van der Waals surface area contributed by atoms with Gasteiger partial charge in [-0.2, -0.15) is 0 Å². The number of hydrogen-bond donors (Lipinski definition) is 1. The number of carbonyl (C=O) groups is 2. The van der Waals surface area contributed by atoms with Crippen molar-refractivity contribution in [3.8, 4) is 0 Å². The van der Waals surface area contributed by atoms with E-state index in [1.54, 1.807) is 0 Å². The molecule has 0 spiro atoms. The van der Waals surface area contributed by atoms with Gasteiger partial charge < -0.3 is 14.6 Å². The lowest BCUT2D eigenvalue weighted by Crippen LogP contribution is -2.28. The molecule has 1 atom stereocenters. The number of hydrogen-bond acceptors (Lipinski definition) is 5. The molecular formula is C54H84O5. The maximum atomic E-state index is 12.2. The molecule has 0 saturated heterocycles. The van der Waals surface area contributed by atoms with Gasteiger partial charge in [0.05, 0.1) is 6.61 Å². The van der Waals surface area contributed by atoms with Crippen molar-refractivity contribution in [3.63, 3.8) is 0 Å². The molecule has 0 rings (SSSR count). The summed E-state index contributed by atoms with van der Waals surface area (Å²) in [7, 11) is 0. The summed E-state index contributed by atoms with van der Waals surface area (Å²) in [6.45, 7) is 3.94. The molecule has 0 saturated carbocycles. The lowest BCUT2D eigenvalue weighted by atomic mass is 10.1. The van der Waals surface area contributed by atoms with Crippen molar-refractivity contribution in [1.29, 1.82) is 0 Å². The summed E-state index contributed by atoms with van der Waals surface area (Å²) in [5.74, 6) is -0.646. The maximum absolute atomic E-state index is 12.2. The van der Waals surface area contributed by atoms with E-state index in [9.17, 15) is 14.7 Å². The summed E-state index contributed by atoms with van der Waals surface area (Å²) in [6, 6.07) is 0. The van der Waals surface area contributed by atoms with E-state index in [1.165, 1.54) is 32.1 Å². The quantitative estimate of drug-likeness (QED) is 0.0379. The second kappa shape index (κ2) is 48.4. The molecule has 0 aliphatic rings. The largest absolute Gasteiger partial charge is 0.462 e. The Labute approximate surface area is 362 Å². The van der Waals surface area contributed by atoms with Crippen LogP contribution in [0.15, 0.2) is 134 Å². The lowest BCUT2D eigenvalue weighted by Gasteiger charge is -2.15. The molecule has 0 radical (unpaired) electrons. The number of unbranched alkanes of at least 4 members (excludes halogenated alkanes) is 10. The van der Waals surface area contributed by atoms with Crippen LogP contribution in [-0.2, 0) is 19.1 Å². The molecular weight excluding hydrogens is 729 g/mol. The van der Waals surface area contributed by atoms with Crippen molar-refractivity contribution in [2.75, 3.05) is 13.2 Å². The molecule has 5 nitrogen and oxygen atoms in total. The van der Waals surface area contributed by atoms with Crippen molar-refractivity contribution < 1.29 is 24.2 Å². The molecule has 0 aliphatic carbocycles. The fraction of sp³-hybridized carbons (Fsp3) is 0.556. The van der Waals surface area contributed by atoms with Gasteiger partial charge in [-0.05, 0) is 96.3 Å². The maximum Gasteiger partial charge on any atom is 0.306 e. The summed E-state index contributed by atoms with van der Waals surface area (Å²) in [4.78, 5) is 24.2. The van der Waals surface area contributed by atoms with Crippen LogP contribution in [0.2, 0.25) is 0 Å². The highest BCUT2D eigenvalue weighted by Crippen LogP contribution is 2.11. The summed E-state index contributed by atoms with van der Waals surface area (Å²) >= 11 is 0. The fourth-order valence-electron chi connectivity index (χ4n) is 5.73. The number of allylic oxidation sites excluding steroid dienone is 22. The average Bonchev–Trinajstić information content (AvgIpc) is 3.24. The molecule has 0 aromatic heterocycles. The third-order valence-electron chi connectivity index (χ3n) is 9.21. The zero-order chi connectivity index (χ0) is 42.8. The Kier molecular flexibility index (Phi) is 45.2. The van der Waals surface area contributed by atoms with Crippen LogP contribution in [0.1, 0.15) is 174 Å². The van der Waals surface area contributed by atoms with Gasteiger partial charge in [0.1, 0.15) is 6.61 Å². The summed E-state index contributed by atoms with van der Waals surface area (Å²) in [5, 5.41) is 9.53. The predicted molar refractivity (Wildman–Crippen MR) is 255 cm³/mol. The standard InChI is InChI=1S/C54H84O5/c1-3-5-7-9-11-13-14-15-16-17-18-19-20-21-22-23-24-25-26-27-28-29-30-31-32-33-34-35-36-37-38-39-40-41-43-45-47-49-54(57)59-52(50-55)51-58-53(56)48-46-44-42-12-10-8-6-4-2/h5,7,11,13,15-16,18-19,21-22,24-25,27-28,30-31,33-34,36-37,39-40,52,55H,3-4,6,8-10,12,14,17,20,23,26,29,32,35,38,41-51H2,1-2H3/b7-5-,13-11-,16-15-,19-18-,22-21-,25-24-,28-27-,31-30-,34-33-,37-36-,40-39-. The molecule has 0 aliphatic heterocycles. The Hall–Kier alpha value is -3.96. The molecule has 1 N–H and O–H groups in total. The highest BCUT2D eigenvalue weighted by Gasteiger charge is 2.16. The van der Waals surface area contributed by atoms with Crippen molar-refractivity contribution in [2.45, 2.75) is 180 Å². The number of rotatable bonds is 40. The number of ether oxygens (including phenoxy) is 2.